The SMILES string of the molecule is COC(=O)c1ccc(C)c(C2CO2)c1. The molecule has 0 bridgehead atoms. The largest absolute Gasteiger partial charge is 0.465 e. The highest BCUT2D eigenvalue weighted by Crippen LogP contribution is 2.32. The lowest BCUT2D eigenvalue weighted by atomic mass is 10.0. The third-order valence-electron chi connectivity index (χ3n) is 2.38. The van der Waals surface area contributed by atoms with Crippen LogP contribution in [0.5, 0.6) is 0 Å². The van der Waals surface area contributed by atoms with Crippen molar-refractivity contribution in [3.63, 3.8) is 0 Å². The maximum Gasteiger partial charge on any atom is 0.337 e. The fraction of sp³-hybridized carbons (Fsp3) is 0.364. The molecule has 3 nitrogen and oxygen atoms in total. The average Bonchev–Trinajstić information content (AvgIpc) is 3.01. The van der Waals surface area contributed by atoms with E-state index in [0.717, 1.165) is 17.7 Å². The highest BCUT2D eigenvalue weighted by molar-refractivity contribution is 5.89. The summed E-state index contributed by atoms with van der Waals surface area (Å²) < 4.78 is 9.84. The molecule has 0 amide bonds. The number of epoxide rings is 1. The molecule has 1 atom stereocenters. The highest BCUT2D eigenvalue weighted by Gasteiger charge is 2.27. The third kappa shape index (κ3) is 1.63. The maximum absolute atomic E-state index is 11.3. The minimum Gasteiger partial charge on any atom is -0.465 e. The Morgan fingerprint density at radius 3 is 2.86 bits per heavy atom. The predicted molar refractivity (Wildman–Crippen MR) is 51.2 cm³/mol. The van der Waals surface area contributed by atoms with E-state index >= 15 is 0 Å². The van der Waals surface area contributed by atoms with E-state index in [9.17, 15) is 4.79 Å². The number of methoxy groups -OCH3 is 1. The van der Waals surface area contributed by atoms with Gasteiger partial charge in [-0.05, 0) is 30.2 Å². The van der Waals surface area contributed by atoms with Gasteiger partial charge in [-0.1, -0.05) is 6.07 Å². The van der Waals surface area contributed by atoms with Crippen LogP contribution in [0.1, 0.15) is 27.6 Å². The summed E-state index contributed by atoms with van der Waals surface area (Å²) >= 11 is 0. The number of esters is 1. The van der Waals surface area contributed by atoms with Crippen LogP contribution in [-0.2, 0) is 9.47 Å². The monoisotopic (exact) mass is 192 g/mol. The van der Waals surface area contributed by atoms with Gasteiger partial charge >= 0.3 is 5.97 Å². The topological polar surface area (TPSA) is 38.8 Å². The summed E-state index contributed by atoms with van der Waals surface area (Å²) in [6.07, 6.45) is 0.180. The number of rotatable bonds is 2. The quantitative estimate of drug-likeness (QED) is 0.530. The number of carbonyl (C=O) groups excluding carboxylic acids is 1. The Labute approximate surface area is 82.6 Å². The first-order chi connectivity index (χ1) is 6.72. The summed E-state index contributed by atoms with van der Waals surface area (Å²) in [5.74, 6) is -0.299. The number of ether oxygens (including phenoxy) is 2. The molecule has 1 aromatic rings. The fourth-order valence-corrected chi connectivity index (χ4v) is 1.46. The fourth-order valence-electron chi connectivity index (χ4n) is 1.46. The molecule has 74 valence electrons. The van der Waals surface area contributed by atoms with Gasteiger partial charge < -0.3 is 9.47 Å². The van der Waals surface area contributed by atoms with Crippen molar-refractivity contribution in [2.45, 2.75) is 13.0 Å². The Bertz CT molecular complexity index is 367. The van der Waals surface area contributed by atoms with Gasteiger partial charge in [-0.25, -0.2) is 4.79 Å². The molecule has 0 aromatic heterocycles. The van der Waals surface area contributed by atoms with Crippen molar-refractivity contribution >= 4 is 5.97 Å². The van der Waals surface area contributed by atoms with Crippen LogP contribution in [0.15, 0.2) is 18.2 Å². The van der Waals surface area contributed by atoms with Gasteiger partial charge in [0.05, 0.1) is 19.3 Å². The van der Waals surface area contributed by atoms with Crippen molar-refractivity contribution in [3.8, 4) is 0 Å². The summed E-state index contributed by atoms with van der Waals surface area (Å²) in [4.78, 5) is 11.3. The lowest BCUT2D eigenvalue weighted by molar-refractivity contribution is 0.0600. The Morgan fingerprint density at radius 1 is 1.57 bits per heavy atom. The zero-order chi connectivity index (χ0) is 10.1. The second-order valence-corrected chi connectivity index (χ2v) is 3.38. The van der Waals surface area contributed by atoms with E-state index < -0.39 is 0 Å². The normalized spacial score (nSPS) is 19.1. The zero-order valence-corrected chi connectivity index (χ0v) is 8.24. The Hall–Kier alpha value is -1.35. The standard InChI is InChI=1S/C11H12O3/c1-7-3-4-8(11(12)13-2)5-9(7)10-6-14-10/h3-5,10H,6H2,1-2H3. The molecular formula is C11H12O3. The Morgan fingerprint density at radius 2 is 2.29 bits per heavy atom. The number of carbonyl (C=O) groups is 1. The van der Waals surface area contributed by atoms with Crippen LogP contribution in [0.25, 0.3) is 0 Å². The summed E-state index contributed by atoms with van der Waals surface area (Å²) in [5, 5.41) is 0. The molecule has 14 heavy (non-hydrogen) atoms. The Kier molecular flexibility index (Phi) is 2.25. The van der Waals surface area contributed by atoms with E-state index in [1.165, 1.54) is 7.11 Å². The van der Waals surface area contributed by atoms with Crippen molar-refractivity contribution in [2.75, 3.05) is 13.7 Å². The predicted octanol–water partition coefficient (Wildman–Crippen LogP) is 1.85. The van der Waals surface area contributed by atoms with Crippen LogP contribution in [0, 0.1) is 6.92 Å². The van der Waals surface area contributed by atoms with E-state index in [-0.39, 0.29) is 12.1 Å². The first-order valence-electron chi connectivity index (χ1n) is 4.53. The van der Waals surface area contributed by atoms with Gasteiger partial charge in [0.2, 0.25) is 0 Å². The molecular weight excluding hydrogens is 180 g/mol. The molecule has 0 spiro atoms. The summed E-state index contributed by atoms with van der Waals surface area (Å²) in [7, 11) is 1.38. The first kappa shape index (κ1) is 9.21. The summed E-state index contributed by atoms with van der Waals surface area (Å²) in [6.45, 7) is 2.77. The van der Waals surface area contributed by atoms with Gasteiger partial charge in [0.15, 0.2) is 0 Å². The number of aryl methyl sites for hydroxylation is 1. The molecule has 1 aliphatic rings. The number of hydrogen-bond donors (Lipinski definition) is 0. The summed E-state index contributed by atoms with van der Waals surface area (Å²) in [6, 6.07) is 5.54. The van der Waals surface area contributed by atoms with Gasteiger partial charge in [0.1, 0.15) is 6.10 Å². The summed E-state index contributed by atoms with van der Waals surface area (Å²) in [5.41, 5.74) is 2.83. The zero-order valence-electron chi connectivity index (χ0n) is 8.24. The van der Waals surface area contributed by atoms with E-state index in [4.69, 9.17) is 4.74 Å². The molecule has 0 saturated carbocycles. The molecule has 1 heterocycles. The van der Waals surface area contributed by atoms with Crippen LogP contribution in [0.3, 0.4) is 0 Å². The molecule has 0 radical (unpaired) electrons. The molecule has 2 rings (SSSR count). The van der Waals surface area contributed by atoms with E-state index in [1.54, 1.807) is 6.07 Å². The van der Waals surface area contributed by atoms with Crippen LogP contribution in [0.4, 0.5) is 0 Å². The molecule has 1 saturated heterocycles. The first-order valence-corrected chi connectivity index (χ1v) is 4.53. The lowest BCUT2D eigenvalue weighted by Crippen LogP contribution is -2.02. The molecule has 0 N–H and O–H groups in total. The molecule has 0 aliphatic carbocycles. The molecule has 1 aliphatic heterocycles. The highest BCUT2D eigenvalue weighted by atomic mass is 16.6. The lowest BCUT2D eigenvalue weighted by Gasteiger charge is -2.04. The van der Waals surface area contributed by atoms with E-state index in [0.29, 0.717) is 5.56 Å². The van der Waals surface area contributed by atoms with E-state index in [2.05, 4.69) is 4.74 Å². The average molecular weight is 192 g/mol. The van der Waals surface area contributed by atoms with Crippen LogP contribution >= 0.6 is 0 Å². The minimum atomic E-state index is -0.299. The molecule has 1 aromatic carbocycles. The maximum atomic E-state index is 11.3. The van der Waals surface area contributed by atoms with Gasteiger partial charge in [-0.3, -0.25) is 0 Å². The van der Waals surface area contributed by atoms with Crippen molar-refractivity contribution in [3.05, 3.63) is 34.9 Å². The second-order valence-electron chi connectivity index (χ2n) is 3.38. The van der Waals surface area contributed by atoms with E-state index in [1.807, 2.05) is 19.1 Å². The number of benzene rings is 1. The molecule has 3 heteroatoms. The van der Waals surface area contributed by atoms with Crippen molar-refractivity contribution in [1.82, 2.24) is 0 Å². The van der Waals surface area contributed by atoms with Gasteiger partial charge in [0.25, 0.3) is 0 Å². The minimum absolute atomic E-state index is 0.180. The van der Waals surface area contributed by atoms with Crippen molar-refractivity contribution in [2.24, 2.45) is 0 Å². The van der Waals surface area contributed by atoms with Crippen LogP contribution in [-0.4, -0.2) is 19.7 Å². The van der Waals surface area contributed by atoms with Gasteiger partial charge in [-0.15, -0.1) is 0 Å². The molecule has 1 fully saturated rings. The third-order valence-corrected chi connectivity index (χ3v) is 2.38. The second kappa shape index (κ2) is 3.42. The number of hydrogen-bond acceptors (Lipinski definition) is 3. The molecule has 1 unspecified atom stereocenters. The van der Waals surface area contributed by atoms with Gasteiger partial charge in [-0.2, -0.15) is 0 Å². The van der Waals surface area contributed by atoms with Crippen LogP contribution < -0.4 is 0 Å². The van der Waals surface area contributed by atoms with Gasteiger partial charge in [0, 0.05) is 0 Å². The van der Waals surface area contributed by atoms with Crippen molar-refractivity contribution < 1.29 is 14.3 Å². The van der Waals surface area contributed by atoms with Crippen LogP contribution in [0.2, 0.25) is 0 Å². The Balaban J connectivity index is 2.35. The van der Waals surface area contributed by atoms with Crippen molar-refractivity contribution in [1.29, 1.82) is 0 Å². The smallest absolute Gasteiger partial charge is 0.337 e.